The molecule has 0 aliphatic rings. The lowest BCUT2D eigenvalue weighted by atomic mass is 9.91. The number of hydrogen-bond acceptors (Lipinski definition) is 2. The SMILES string of the molecule is CCc1ccc(CC(C)(O)c2ccc(F)cc2)nc1. The molecule has 1 aromatic carbocycles. The highest BCUT2D eigenvalue weighted by Gasteiger charge is 2.24. The van der Waals surface area contributed by atoms with E-state index in [1.807, 2.05) is 18.3 Å². The molecule has 19 heavy (non-hydrogen) atoms. The first-order valence-electron chi connectivity index (χ1n) is 6.43. The Hall–Kier alpha value is -1.74. The fourth-order valence-corrected chi connectivity index (χ4v) is 2.03. The maximum Gasteiger partial charge on any atom is 0.123 e. The molecule has 0 amide bonds. The molecule has 1 atom stereocenters. The maximum absolute atomic E-state index is 12.9. The lowest BCUT2D eigenvalue weighted by molar-refractivity contribution is 0.0565. The van der Waals surface area contributed by atoms with Crippen LogP contribution in [0.1, 0.15) is 30.7 Å². The van der Waals surface area contributed by atoms with Gasteiger partial charge in [-0.25, -0.2) is 4.39 Å². The van der Waals surface area contributed by atoms with Gasteiger partial charge in [0, 0.05) is 18.3 Å². The van der Waals surface area contributed by atoms with Gasteiger partial charge in [-0.05, 0) is 42.7 Å². The molecule has 100 valence electrons. The summed E-state index contributed by atoms with van der Waals surface area (Å²) in [5.41, 5.74) is 1.64. The first-order valence-corrected chi connectivity index (χ1v) is 6.43. The quantitative estimate of drug-likeness (QED) is 0.914. The van der Waals surface area contributed by atoms with Gasteiger partial charge in [-0.3, -0.25) is 4.98 Å². The standard InChI is InChI=1S/C16H18FNO/c1-3-12-4-9-15(18-11-12)10-16(2,19)13-5-7-14(17)8-6-13/h4-9,11,19H,3,10H2,1-2H3. The number of aliphatic hydroxyl groups is 1. The van der Waals surface area contributed by atoms with E-state index in [1.165, 1.54) is 17.7 Å². The molecule has 0 spiro atoms. The van der Waals surface area contributed by atoms with Gasteiger partial charge >= 0.3 is 0 Å². The van der Waals surface area contributed by atoms with Gasteiger partial charge in [-0.15, -0.1) is 0 Å². The Bertz CT molecular complexity index is 532. The van der Waals surface area contributed by atoms with Crippen molar-refractivity contribution < 1.29 is 9.50 Å². The molecule has 0 aliphatic carbocycles. The van der Waals surface area contributed by atoms with Gasteiger partial charge in [-0.1, -0.05) is 25.1 Å². The van der Waals surface area contributed by atoms with Gasteiger partial charge < -0.3 is 5.11 Å². The molecule has 1 heterocycles. The summed E-state index contributed by atoms with van der Waals surface area (Å²) in [4.78, 5) is 4.34. The fraction of sp³-hybridized carbons (Fsp3) is 0.312. The molecule has 2 rings (SSSR count). The van der Waals surface area contributed by atoms with Crippen LogP contribution in [-0.2, 0) is 18.4 Å². The first-order chi connectivity index (χ1) is 9.01. The minimum absolute atomic E-state index is 0.301. The molecule has 2 aromatic rings. The highest BCUT2D eigenvalue weighted by Crippen LogP contribution is 2.24. The van der Waals surface area contributed by atoms with Gasteiger partial charge in [0.15, 0.2) is 0 Å². The number of benzene rings is 1. The summed E-state index contributed by atoms with van der Waals surface area (Å²) in [6.45, 7) is 3.79. The molecule has 0 radical (unpaired) electrons. The van der Waals surface area contributed by atoms with Crippen molar-refractivity contribution >= 4 is 0 Å². The minimum atomic E-state index is -1.05. The van der Waals surface area contributed by atoms with Gasteiger partial charge in [0.05, 0.1) is 5.60 Å². The summed E-state index contributed by atoms with van der Waals surface area (Å²) in [6.07, 6.45) is 3.18. The predicted molar refractivity (Wildman–Crippen MR) is 73.3 cm³/mol. The third-order valence-electron chi connectivity index (χ3n) is 3.29. The maximum atomic E-state index is 12.9. The average Bonchev–Trinajstić information content (AvgIpc) is 2.40. The first kappa shape index (κ1) is 13.7. The molecule has 0 saturated heterocycles. The van der Waals surface area contributed by atoms with E-state index in [-0.39, 0.29) is 5.82 Å². The van der Waals surface area contributed by atoms with Crippen LogP contribution in [-0.4, -0.2) is 10.1 Å². The van der Waals surface area contributed by atoms with E-state index < -0.39 is 5.60 Å². The van der Waals surface area contributed by atoms with E-state index >= 15 is 0 Å². The zero-order valence-electron chi connectivity index (χ0n) is 11.2. The van der Waals surface area contributed by atoms with Crippen LogP contribution in [0, 0.1) is 5.82 Å². The van der Waals surface area contributed by atoms with Crippen LogP contribution in [0.25, 0.3) is 0 Å². The summed E-state index contributed by atoms with van der Waals surface area (Å²) in [5, 5.41) is 10.5. The topological polar surface area (TPSA) is 33.1 Å². The number of nitrogens with zero attached hydrogens (tertiary/aromatic N) is 1. The van der Waals surface area contributed by atoms with E-state index in [0.717, 1.165) is 12.1 Å². The molecule has 1 N–H and O–H groups in total. The summed E-state index contributed by atoms with van der Waals surface area (Å²) in [6, 6.07) is 9.88. The Labute approximate surface area is 112 Å². The highest BCUT2D eigenvalue weighted by atomic mass is 19.1. The monoisotopic (exact) mass is 259 g/mol. The van der Waals surface area contributed by atoms with Gasteiger partial charge in [-0.2, -0.15) is 0 Å². The van der Waals surface area contributed by atoms with Crippen molar-refractivity contribution in [2.24, 2.45) is 0 Å². The normalized spacial score (nSPS) is 14.1. The van der Waals surface area contributed by atoms with Crippen LogP contribution in [0.15, 0.2) is 42.6 Å². The molecule has 0 fully saturated rings. The fourth-order valence-electron chi connectivity index (χ4n) is 2.03. The Balaban J connectivity index is 2.17. The van der Waals surface area contributed by atoms with E-state index in [2.05, 4.69) is 11.9 Å². The van der Waals surface area contributed by atoms with Crippen molar-refractivity contribution in [2.45, 2.75) is 32.3 Å². The van der Waals surface area contributed by atoms with Gasteiger partial charge in [0.25, 0.3) is 0 Å². The smallest absolute Gasteiger partial charge is 0.123 e. The zero-order valence-corrected chi connectivity index (χ0v) is 11.2. The molecule has 3 heteroatoms. The highest BCUT2D eigenvalue weighted by molar-refractivity contribution is 5.25. The Morgan fingerprint density at radius 3 is 2.37 bits per heavy atom. The van der Waals surface area contributed by atoms with E-state index in [4.69, 9.17) is 0 Å². The van der Waals surface area contributed by atoms with E-state index in [9.17, 15) is 9.50 Å². The number of hydrogen-bond donors (Lipinski definition) is 1. The molecule has 0 aliphatic heterocycles. The van der Waals surface area contributed by atoms with E-state index in [0.29, 0.717) is 12.0 Å². The molecule has 1 aromatic heterocycles. The lowest BCUT2D eigenvalue weighted by Crippen LogP contribution is -2.24. The van der Waals surface area contributed by atoms with Crippen LogP contribution in [0.4, 0.5) is 4.39 Å². The molecule has 2 nitrogen and oxygen atoms in total. The van der Waals surface area contributed by atoms with Crippen molar-refractivity contribution in [3.63, 3.8) is 0 Å². The summed E-state index contributed by atoms with van der Waals surface area (Å²) in [5.74, 6) is -0.301. The van der Waals surface area contributed by atoms with Crippen LogP contribution in [0.3, 0.4) is 0 Å². The number of halogens is 1. The second-order valence-electron chi connectivity index (χ2n) is 4.97. The number of aromatic nitrogens is 1. The van der Waals surface area contributed by atoms with Crippen LogP contribution in [0.5, 0.6) is 0 Å². The summed E-state index contributed by atoms with van der Waals surface area (Å²) >= 11 is 0. The zero-order chi connectivity index (χ0) is 13.9. The summed E-state index contributed by atoms with van der Waals surface area (Å²) in [7, 11) is 0. The van der Waals surface area contributed by atoms with Crippen LogP contribution < -0.4 is 0 Å². The molecule has 1 unspecified atom stereocenters. The summed E-state index contributed by atoms with van der Waals surface area (Å²) < 4.78 is 12.9. The lowest BCUT2D eigenvalue weighted by Gasteiger charge is -2.23. The molecule has 0 saturated carbocycles. The number of aryl methyl sites for hydroxylation is 1. The van der Waals surface area contributed by atoms with Crippen molar-refractivity contribution in [2.75, 3.05) is 0 Å². The van der Waals surface area contributed by atoms with Crippen molar-refractivity contribution in [3.05, 3.63) is 65.2 Å². The molecule has 0 bridgehead atoms. The largest absolute Gasteiger partial charge is 0.385 e. The van der Waals surface area contributed by atoms with Crippen LogP contribution in [0.2, 0.25) is 0 Å². The third kappa shape index (κ3) is 3.38. The Morgan fingerprint density at radius 2 is 1.84 bits per heavy atom. The second-order valence-corrected chi connectivity index (χ2v) is 4.97. The average molecular weight is 259 g/mol. The van der Waals surface area contributed by atoms with E-state index in [1.54, 1.807) is 19.1 Å². The Kier molecular flexibility index (Phi) is 3.96. The van der Waals surface area contributed by atoms with Gasteiger partial charge in [0.2, 0.25) is 0 Å². The number of rotatable bonds is 4. The predicted octanol–water partition coefficient (Wildman–Crippen LogP) is 3.23. The van der Waals surface area contributed by atoms with Crippen molar-refractivity contribution in [1.82, 2.24) is 4.98 Å². The minimum Gasteiger partial charge on any atom is -0.385 e. The van der Waals surface area contributed by atoms with Crippen LogP contribution >= 0.6 is 0 Å². The molecular weight excluding hydrogens is 241 g/mol. The van der Waals surface area contributed by atoms with Crippen molar-refractivity contribution in [3.8, 4) is 0 Å². The van der Waals surface area contributed by atoms with Crippen molar-refractivity contribution in [1.29, 1.82) is 0 Å². The molecular formula is C16H18FNO. The second kappa shape index (κ2) is 5.49. The third-order valence-corrected chi connectivity index (χ3v) is 3.29. The Morgan fingerprint density at radius 1 is 1.16 bits per heavy atom. The van der Waals surface area contributed by atoms with Gasteiger partial charge in [0.1, 0.15) is 5.82 Å². The number of pyridine rings is 1.